The molecule has 4 heteroatoms. The van der Waals surface area contributed by atoms with Crippen molar-refractivity contribution in [3.8, 4) is 0 Å². The summed E-state index contributed by atoms with van der Waals surface area (Å²) in [7, 11) is 0. The normalized spacial score (nSPS) is 12.3. The maximum Gasteiger partial charge on any atom is 0.239 e. The Morgan fingerprint density at radius 2 is 1.87 bits per heavy atom. The molecule has 1 atom stereocenters. The van der Waals surface area contributed by atoms with E-state index in [9.17, 15) is 4.79 Å². The Morgan fingerprint density at radius 1 is 1.40 bits per heavy atom. The molecule has 1 aromatic rings. The van der Waals surface area contributed by atoms with Crippen molar-refractivity contribution in [2.24, 2.45) is 5.73 Å². The summed E-state index contributed by atoms with van der Waals surface area (Å²) in [6.07, 6.45) is 0. The summed E-state index contributed by atoms with van der Waals surface area (Å²) in [5, 5.41) is 3.05. The first-order valence-corrected chi connectivity index (χ1v) is 5.53. The van der Waals surface area contributed by atoms with E-state index in [-0.39, 0.29) is 11.9 Å². The van der Waals surface area contributed by atoms with E-state index in [1.807, 2.05) is 26.0 Å². The Kier molecular flexibility index (Phi) is 3.74. The molecule has 0 fully saturated rings. The van der Waals surface area contributed by atoms with E-state index in [4.69, 9.17) is 5.73 Å². The van der Waals surface area contributed by atoms with Gasteiger partial charge in [0.25, 0.3) is 0 Å². The second kappa shape index (κ2) is 4.66. The molecule has 0 aliphatic rings. The smallest absolute Gasteiger partial charge is 0.239 e. The van der Waals surface area contributed by atoms with Crippen molar-refractivity contribution in [1.82, 2.24) is 0 Å². The number of nitrogens with two attached hydrogens (primary N) is 1. The van der Waals surface area contributed by atoms with E-state index in [2.05, 4.69) is 21.2 Å². The summed E-state index contributed by atoms with van der Waals surface area (Å²) in [6, 6.07) is 3.61. The zero-order chi connectivity index (χ0) is 11.6. The first-order chi connectivity index (χ1) is 6.91. The Balaban J connectivity index is 2.92. The summed E-state index contributed by atoms with van der Waals surface area (Å²) < 4.78 is 1.10. The average Bonchev–Trinajstić information content (AvgIpc) is 2.13. The lowest BCUT2D eigenvalue weighted by Gasteiger charge is -2.14. The third kappa shape index (κ3) is 2.96. The van der Waals surface area contributed by atoms with Crippen LogP contribution in [0.5, 0.6) is 0 Å². The van der Waals surface area contributed by atoms with Crippen LogP contribution in [0.15, 0.2) is 16.6 Å². The van der Waals surface area contributed by atoms with Gasteiger partial charge in [-0.2, -0.15) is 0 Å². The number of carbonyl (C=O) groups is 1. The number of hydrogen-bond acceptors (Lipinski definition) is 2. The first kappa shape index (κ1) is 12.0. The largest absolute Gasteiger partial charge is 0.374 e. The minimum atomic E-state index is -0.357. The van der Waals surface area contributed by atoms with Crippen LogP contribution in [-0.2, 0) is 4.79 Å². The molecular weight excluding hydrogens is 256 g/mol. The predicted octanol–water partition coefficient (Wildman–Crippen LogP) is 2.35. The molecule has 0 saturated heterocycles. The third-order valence-electron chi connectivity index (χ3n) is 2.25. The van der Waals surface area contributed by atoms with Gasteiger partial charge in [0.1, 0.15) is 6.04 Å². The lowest BCUT2D eigenvalue weighted by Crippen LogP contribution is -2.32. The minimum absolute atomic E-state index is 0.353. The van der Waals surface area contributed by atoms with Gasteiger partial charge in [0.05, 0.1) is 0 Å². The van der Waals surface area contributed by atoms with E-state index in [0.29, 0.717) is 0 Å². The molecule has 0 radical (unpaired) electrons. The molecule has 1 amide bonds. The second-order valence-electron chi connectivity index (χ2n) is 3.69. The summed E-state index contributed by atoms with van der Waals surface area (Å²) in [5.41, 5.74) is 8.36. The number of nitrogens with one attached hydrogen (secondary N) is 1. The van der Waals surface area contributed by atoms with Crippen molar-refractivity contribution in [1.29, 1.82) is 0 Å². The van der Waals surface area contributed by atoms with Gasteiger partial charge in [0.2, 0.25) is 5.91 Å². The molecular formula is C11H15BrN2O. The van der Waals surface area contributed by atoms with Gasteiger partial charge in [-0.1, -0.05) is 15.9 Å². The molecule has 3 N–H and O–H groups in total. The predicted molar refractivity (Wildman–Crippen MR) is 65.9 cm³/mol. The van der Waals surface area contributed by atoms with Crippen LogP contribution < -0.4 is 11.1 Å². The van der Waals surface area contributed by atoms with Crippen LogP contribution in [0.1, 0.15) is 18.1 Å². The Bertz CT molecular complexity index is 367. The maximum atomic E-state index is 10.9. The van der Waals surface area contributed by atoms with Crippen LogP contribution >= 0.6 is 15.9 Å². The van der Waals surface area contributed by atoms with E-state index in [1.54, 1.807) is 6.92 Å². The van der Waals surface area contributed by atoms with Gasteiger partial charge in [-0.3, -0.25) is 4.79 Å². The molecule has 0 bridgehead atoms. The van der Waals surface area contributed by atoms with Crippen LogP contribution in [0.25, 0.3) is 0 Å². The highest BCUT2D eigenvalue weighted by atomic mass is 79.9. The monoisotopic (exact) mass is 270 g/mol. The van der Waals surface area contributed by atoms with Gasteiger partial charge in [-0.25, -0.2) is 0 Å². The second-order valence-corrected chi connectivity index (χ2v) is 4.49. The van der Waals surface area contributed by atoms with Crippen molar-refractivity contribution in [3.05, 3.63) is 27.7 Å². The number of halogens is 1. The number of carbonyl (C=O) groups excluding carboxylic acids is 1. The molecule has 15 heavy (non-hydrogen) atoms. The summed E-state index contributed by atoms with van der Waals surface area (Å²) >= 11 is 3.49. The SMILES string of the molecule is Cc1cc(NC(C)C(N)=O)cc(C)c1Br. The Morgan fingerprint density at radius 3 is 2.27 bits per heavy atom. The van der Waals surface area contributed by atoms with Crippen LogP contribution in [0.2, 0.25) is 0 Å². The number of primary amides is 1. The molecule has 0 aromatic heterocycles. The third-order valence-corrected chi connectivity index (χ3v) is 3.50. The summed E-state index contributed by atoms with van der Waals surface area (Å²) in [6.45, 7) is 5.77. The molecule has 0 saturated carbocycles. The fourth-order valence-corrected chi connectivity index (χ4v) is 1.58. The molecule has 0 aliphatic carbocycles. The molecule has 0 spiro atoms. The standard InChI is InChI=1S/C11H15BrN2O/c1-6-4-9(5-7(2)10(6)12)14-8(3)11(13)15/h4-5,8,14H,1-3H3,(H2,13,15). The van der Waals surface area contributed by atoms with E-state index < -0.39 is 0 Å². The highest BCUT2D eigenvalue weighted by Gasteiger charge is 2.09. The highest BCUT2D eigenvalue weighted by Crippen LogP contribution is 2.25. The Labute approximate surface area is 98.2 Å². The molecule has 1 rings (SSSR count). The fourth-order valence-electron chi connectivity index (χ4n) is 1.35. The number of aryl methyl sites for hydroxylation is 2. The van der Waals surface area contributed by atoms with Crippen LogP contribution in [0, 0.1) is 13.8 Å². The number of hydrogen-bond donors (Lipinski definition) is 2. The van der Waals surface area contributed by atoms with Crippen molar-refractivity contribution in [2.45, 2.75) is 26.8 Å². The Hall–Kier alpha value is -1.03. The molecule has 0 aliphatic heterocycles. The van der Waals surface area contributed by atoms with Crippen molar-refractivity contribution < 1.29 is 4.79 Å². The molecule has 82 valence electrons. The summed E-state index contributed by atoms with van der Waals surface area (Å²) in [5.74, 6) is -0.353. The topological polar surface area (TPSA) is 55.1 Å². The molecule has 1 aromatic carbocycles. The zero-order valence-electron chi connectivity index (χ0n) is 9.10. The highest BCUT2D eigenvalue weighted by molar-refractivity contribution is 9.10. The van der Waals surface area contributed by atoms with Crippen molar-refractivity contribution in [3.63, 3.8) is 0 Å². The van der Waals surface area contributed by atoms with Gasteiger partial charge in [-0.05, 0) is 44.0 Å². The quantitative estimate of drug-likeness (QED) is 0.886. The van der Waals surface area contributed by atoms with Gasteiger partial charge < -0.3 is 11.1 Å². The van der Waals surface area contributed by atoms with Gasteiger partial charge in [0, 0.05) is 10.2 Å². The van der Waals surface area contributed by atoms with Crippen LogP contribution in [0.4, 0.5) is 5.69 Å². The van der Waals surface area contributed by atoms with Gasteiger partial charge in [0.15, 0.2) is 0 Å². The molecule has 1 unspecified atom stereocenters. The lowest BCUT2D eigenvalue weighted by atomic mass is 10.1. The van der Waals surface area contributed by atoms with E-state index in [1.165, 1.54) is 0 Å². The van der Waals surface area contributed by atoms with E-state index in [0.717, 1.165) is 21.3 Å². The van der Waals surface area contributed by atoms with Crippen molar-refractivity contribution >= 4 is 27.5 Å². The molecule has 0 heterocycles. The van der Waals surface area contributed by atoms with Crippen LogP contribution in [0.3, 0.4) is 0 Å². The van der Waals surface area contributed by atoms with Gasteiger partial charge in [-0.15, -0.1) is 0 Å². The van der Waals surface area contributed by atoms with Crippen molar-refractivity contribution in [2.75, 3.05) is 5.32 Å². The number of rotatable bonds is 3. The number of benzene rings is 1. The zero-order valence-corrected chi connectivity index (χ0v) is 10.7. The fraction of sp³-hybridized carbons (Fsp3) is 0.364. The lowest BCUT2D eigenvalue weighted by molar-refractivity contribution is -0.118. The first-order valence-electron chi connectivity index (χ1n) is 4.74. The van der Waals surface area contributed by atoms with E-state index >= 15 is 0 Å². The van der Waals surface area contributed by atoms with Crippen LogP contribution in [-0.4, -0.2) is 11.9 Å². The number of amides is 1. The number of anilines is 1. The minimum Gasteiger partial charge on any atom is -0.374 e. The van der Waals surface area contributed by atoms with Gasteiger partial charge >= 0.3 is 0 Å². The average molecular weight is 271 g/mol. The maximum absolute atomic E-state index is 10.9. The summed E-state index contributed by atoms with van der Waals surface area (Å²) in [4.78, 5) is 10.9. The molecule has 3 nitrogen and oxygen atoms in total.